The molecule has 1 fully saturated rings. The second kappa shape index (κ2) is 11.3. The first-order valence-corrected chi connectivity index (χ1v) is 12.9. The van der Waals surface area contributed by atoms with E-state index in [1.54, 1.807) is 0 Å². The quantitative estimate of drug-likeness (QED) is 0.106. The van der Waals surface area contributed by atoms with Crippen molar-refractivity contribution in [3.05, 3.63) is 0 Å². The molecule has 22 heteroatoms. The van der Waals surface area contributed by atoms with E-state index in [1.807, 2.05) is 0 Å². The first-order valence-electron chi connectivity index (χ1n) is 8.36. The lowest BCUT2D eigenvalue weighted by molar-refractivity contribution is -0.213. The Balaban J connectivity index is 3.12. The molecule has 0 amide bonds. The fraction of sp³-hybridized carbons (Fsp3) is 0.818. The lowest BCUT2D eigenvalue weighted by atomic mass is 9.85. The zero-order chi connectivity index (χ0) is 25.9. The highest BCUT2D eigenvalue weighted by molar-refractivity contribution is 7.47. The Bertz CT molecular complexity index is 848. The van der Waals surface area contributed by atoms with Gasteiger partial charge in [-0.05, 0) is 0 Å². The summed E-state index contributed by atoms with van der Waals surface area (Å²) in [7, 11) is -16.6. The van der Waals surface area contributed by atoms with Crippen LogP contribution in [-0.2, 0) is 41.4 Å². The van der Waals surface area contributed by atoms with Crippen LogP contribution < -0.4 is 0 Å². The van der Waals surface area contributed by atoms with Gasteiger partial charge < -0.3 is 50.0 Å². The fourth-order valence-corrected chi connectivity index (χ4v) is 4.76. The van der Waals surface area contributed by atoms with E-state index < -0.39 is 91.0 Å². The van der Waals surface area contributed by atoms with Gasteiger partial charge in [0.25, 0.3) is 0 Å². The maximum Gasteiger partial charge on any atom is 0.472 e. The Labute approximate surface area is 183 Å². The summed E-state index contributed by atoms with van der Waals surface area (Å²) < 4.78 is 51.3. The number of hydrogen-bond acceptors (Lipinski definition) is 12. The van der Waals surface area contributed by atoms with Gasteiger partial charge in [-0.2, -0.15) is 0 Å². The molecular formula is C11H21O19P3. The number of aliphatic hydroxyl groups excluding tert-OH is 3. The molecule has 1 unspecified atom stereocenters. The number of phosphoric ester groups is 3. The van der Waals surface area contributed by atoms with Crippen molar-refractivity contribution in [1.82, 2.24) is 0 Å². The fourth-order valence-electron chi connectivity index (χ4n) is 2.65. The van der Waals surface area contributed by atoms with E-state index in [0.29, 0.717) is 0 Å². The highest BCUT2D eigenvalue weighted by Crippen LogP contribution is 2.51. The van der Waals surface area contributed by atoms with Gasteiger partial charge in [-0.1, -0.05) is 0 Å². The zero-order valence-corrected chi connectivity index (χ0v) is 18.6. The van der Waals surface area contributed by atoms with Crippen molar-refractivity contribution < 1.29 is 91.4 Å². The maximum atomic E-state index is 12.1. The van der Waals surface area contributed by atoms with Crippen LogP contribution in [0.25, 0.3) is 0 Å². The molecule has 0 spiro atoms. The molecule has 0 aromatic carbocycles. The Kier molecular flexibility index (Phi) is 10.3. The molecule has 1 aliphatic carbocycles. The second-order valence-electron chi connectivity index (χ2n) is 6.56. The van der Waals surface area contributed by atoms with Crippen LogP contribution in [0.5, 0.6) is 0 Å². The van der Waals surface area contributed by atoms with Crippen LogP contribution in [0.15, 0.2) is 0 Å². The molecule has 33 heavy (non-hydrogen) atoms. The molecule has 0 bridgehead atoms. The molecule has 0 aliphatic heterocycles. The average molecular weight is 550 g/mol. The minimum atomic E-state index is -5.57. The lowest BCUT2D eigenvalue weighted by Crippen LogP contribution is -2.65. The van der Waals surface area contributed by atoms with Crippen molar-refractivity contribution in [3.63, 3.8) is 0 Å². The molecular weight excluding hydrogens is 529 g/mol. The topological polar surface area (TPSA) is 325 Å². The number of carboxylic acids is 2. The van der Waals surface area contributed by atoms with Gasteiger partial charge in [0.2, 0.25) is 0 Å². The Morgan fingerprint density at radius 1 is 0.727 bits per heavy atom. The van der Waals surface area contributed by atoms with E-state index in [2.05, 4.69) is 18.1 Å². The van der Waals surface area contributed by atoms with Crippen LogP contribution in [0.1, 0.15) is 6.42 Å². The SMILES string of the molecule is O=C(O)C[C@H](COP(=O)(O)O[C@@H]1[C@H](O)[C@H](O)[C@@H](OP(=O)(O)O)[C@H](OP(=O)(O)O)[C@H]1O)C(=O)O. The van der Waals surface area contributed by atoms with Gasteiger partial charge in [0, 0.05) is 0 Å². The molecule has 1 saturated carbocycles. The highest BCUT2D eigenvalue weighted by Gasteiger charge is 2.56. The van der Waals surface area contributed by atoms with Crippen LogP contribution in [0.4, 0.5) is 0 Å². The van der Waals surface area contributed by atoms with Gasteiger partial charge in [0.1, 0.15) is 36.6 Å². The van der Waals surface area contributed by atoms with Gasteiger partial charge >= 0.3 is 35.4 Å². The average Bonchev–Trinajstić information content (AvgIpc) is 2.61. The third-order valence-electron chi connectivity index (χ3n) is 4.00. The number of rotatable bonds is 12. The van der Waals surface area contributed by atoms with E-state index in [1.165, 1.54) is 0 Å². The monoisotopic (exact) mass is 550 g/mol. The van der Waals surface area contributed by atoms with Gasteiger partial charge in [-0.15, -0.1) is 0 Å². The highest BCUT2D eigenvalue weighted by atomic mass is 31.2. The first kappa shape index (κ1) is 30.2. The molecule has 1 aliphatic rings. The zero-order valence-electron chi connectivity index (χ0n) is 15.9. The van der Waals surface area contributed by atoms with Crippen molar-refractivity contribution in [2.45, 2.75) is 43.0 Å². The van der Waals surface area contributed by atoms with Crippen molar-refractivity contribution in [2.75, 3.05) is 6.61 Å². The van der Waals surface area contributed by atoms with Crippen LogP contribution in [0.3, 0.4) is 0 Å². The van der Waals surface area contributed by atoms with E-state index in [4.69, 9.17) is 29.8 Å². The number of carbonyl (C=O) groups is 2. The Morgan fingerprint density at radius 2 is 1.15 bits per heavy atom. The molecule has 8 atom stereocenters. The molecule has 194 valence electrons. The first-order chi connectivity index (χ1) is 14.7. The molecule has 0 aromatic rings. The van der Waals surface area contributed by atoms with Crippen LogP contribution in [0, 0.1) is 5.92 Å². The van der Waals surface area contributed by atoms with Gasteiger partial charge in [-0.25, -0.2) is 13.7 Å². The third kappa shape index (κ3) is 9.73. The van der Waals surface area contributed by atoms with Crippen LogP contribution >= 0.6 is 23.5 Å². The van der Waals surface area contributed by atoms with E-state index in [9.17, 15) is 43.5 Å². The Hall–Kier alpha value is -0.850. The largest absolute Gasteiger partial charge is 0.481 e. The molecule has 10 N–H and O–H groups in total. The predicted octanol–water partition coefficient (Wildman–Crippen LogP) is -3.28. The molecule has 1 rings (SSSR count). The smallest absolute Gasteiger partial charge is 0.472 e. The summed E-state index contributed by atoms with van der Waals surface area (Å²) in [6.45, 7) is -1.22. The maximum absolute atomic E-state index is 12.1. The number of aliphatic carboxylic acids is 2. The minimum Gasteiger partial charge on any atom is -0.481 e. The molecule has 0 radical (unpaired) electrons. The number of hydrogen-bond donors (Lipinski definition) is 10. The number of phosphoric acid groups is 3. The van der Waals surface area contributed by atoms with E-state index in [0.717, 1.165) is 0 Å². The number of carboxylic acid groups (broad SMARTS) is 2. The molecule has 0 aromatic heterocycles. The van der Waals surface area contributed by atoms with Crippen LogP contribution in [-0.4, -0.2) is 105 Å². The normalized spacial score (nSPS) is 31.5. The lowest BCUT2D eigenvalue weighted by Gasteiger charge is -2.44. The second-order valence-corrected chi connectivity index (χ2v) is 10.4. The summed E-state index contributed by atoms with van der Waals surface area (Å²) in [6, 6.07) is 0. The van der Waals surface area contributed by atoms with Crippen molar-refractivity contribution in [2.24, 2.45) is 5.92 Å². The van der Waals surface area contributed by atoms with Gasteiger partial charge in [-0.3, -0.25) is 27.7 Å². The molecule has 0 saturated heterocycles. The van der Waals surface area contributed by atoms with Gasteiger partial charge in [0.05, 0.1) is 18.9 Å². The van der Waals surface area contributed by atoms with Crippen molar-refractivity contribution in [3.8, 4) is 0 Å². The summed E-state index contributed by atoms with van der Waals surface area (Å²) in [5, 5.41) is 47.9. The summed E-state index contributed by atoms with van der Waals surface area (Å²) in [5.74, 6) is -5.18. The standard InChI is InChI=1S/C11H21O19P3/c12-4(13)1-3(11(17)18)2-27-33(25,26)30-8-5(14)6(15)9(28-31(19,20)21)10(7(8)16)29-32(22,23)24/h3,5-10,14-16H,1-2H2,(H,12,13)(H,17,18)(H,25,26)(H2,19,20,21)(H2,22,23,24)/t3-,5-,6+,7+,8-,9-,10-/m1/s1. The molecule has 19 nitrogen and oxygen atoms in total. The Morgan fingerprint density at radius 3 is 1.55 bits per heavy atom. The summed E-state index contributed by atoms with van der Waals surface area (Å²) in [5.41, 5.74) is 0. The van der Waals surface area contributed by atoms with Crippen molar-refractivity contribution in [1.29, 1.82) is 0 Å². The predicted molar refractivity (Wildman–Crippen MR) is 95.9 cm³/mol. The third-order valence-corrected chi connectivity index (χ3v) is 6.02. The van der Waals surface area contributed by atoms with E-state index >= 15 is 0 Å². The van der Waals surface area contributed by atoms with Crippen molar-refractivity contribution >= 4 is 35.4 Å². The number of aliphatic hydroxyl groups is 3. The molecule has 0 heterocycles. The van der Waals surface area contributed by atoms with Gasteiger partial charge in [0.15, 0.2) is 0 Å². The minimum absolute atomic E-state index is 1.04. The summed E-state index contributed by atoms with van der Waals surface area (Å²) in [6.07, 6.45) is -16.2. The van der Waals surface area contributed by atoms with E-state index in [-0.39, 0.29) is 0 Å². The summed E-state index contributed by atoms with van der Waals surface area (Å²) in [4.78, 5) is 67.1. The summed E-state index contributed by atoms with van der Waals surface area (Å²) >= 11 is 0. The van der Waals surface area contributed by atoms with Crippen LogP contribution in [0.2, 0.25) is 0 Å².